The van der Waals surface area contributed by atoms with Gasteiger partial charge in [0.15, 0.2) is 5.84 Å². The van der Waals surface area contributed by atoms with Gasteiger partial charge in [-0.1, -0.05) is 0 Å². The van der Waals surface area contributed by atoms with Crippen LogP contribution in [0.25, 0.3) is 0 Å². The van der Waals surface area contributed by atoms with Crippen LogP contribution in [0.15, 0.2) is 16.5 Å². The number of nitrogens with zero attached hydrogens (tertiary/aromatic N) is 3. The molecule has 10 nitrogen and oxygen atoms in total. The number of aliphatic hydroxyl groups excluding tert-OH is 2. The van der Waals surface area contributed by atoms with Crippen molar-refractivity contribution < 1.29 is 24.8 Å². The Morgan fingerprint density at radius 3 is 3.04 bits per heavy atom. The molecule has 1 fully saturated rings. The van der Waals surface area contributed by atoms with Crippen molar-refractivity contribution in [2.24, 2.45) is 4.99 Å². The minimum atomic E-state index is -1.86. The fourth-order valence-electron chi connectivity index (χ4n) is 3.37. The van der Waals surface area contributed by atoms with E-state index in [-0.39, 0.29) is 12.8 Å². The highest BCUT2D eigenvalue weighted by Crippen LogP contribution is 2.30. The Morgan fingerprint density at radius 1 is 1.35 bits per heavy atom. The van der Waals surface area contributed by atoms with Crippen LogP contribution in [0.5, 0.6) is 0 Å². The van der Waals surface area contributed by atoms with Crippen LogP contribution in [-0.2, 0) is 9.47 Å². The quantitative estimate of drug-likeness (QED) is 0.345. The van der Waals surface area contributed by atoms with Gasteiger partial charge in [-0.05, 0) is 0 Å². The number of fused-ring (bicyclic) bond motifs is 2. The number of hydrogen-bond acceptors (Lipinski definition) is 10. The van der Waals surface area contributed by atoms with E-state index in [9.17, 15) is 5.11 Å². The third-order valence-corrected chi connectivity index (χ3v) is 4.50. The molecule has 0 bridgehead atoms. The fourth-order valence-corrected chi connectivity index (χ4v) is 3.37. The van der Waals surface area contributed by atoms with Crippen LogP contribution in [0.4, 0.5) is 0 Å². The molecule has 10 heteroatoms. The van der Waals surface area contributed by atoms with Crippen LogP contribution < -0.4 is 10.6 Å². The Labute approximate surface area is 133 Å². The van der Waals surface area contributed by atoms with Gasteiger partial charge in [-0.3, -0.25) is 4.99 Å². The number of amidine groups is 1. The Morgan fingerprint density at radius 2 is 2.22 bits per heavy atom. The van der Waals surface area contributed by atoms with E-state index < -0.39 is 18.7 Å². The van der Waals surface area contributed by atoms with Gasteiger partial charge in [0.2, 0.25) is 0 Å². The molecule has 1 saturated heterocycles. The molecule has 0 radical (unpaired) electrons. The molecule has 0 saturated carbocycles. The number of hydrogen-bond donors (Lipinski definition) is 5. The first-order valence-electron chi connectivity index (χ1n) is 7.73. The van der Waals surface area contributed by atoms with E-state index in [0.29, 0.717) is 19.8 Å². The summed E-state index contributed by atoms with van der Waals surface area (Å²) in [6, 6.07) is 0. The molecule has 4 heterocycles. The van der Waals surface area contributed by atoms with Crippen molar-refractivity contribution in [3.63, 3.8) is 0 Å². The van der Waals surface area contributed by atoms with Crippen molar-refractivity contribution in [3.05, 3.63) is 11.5 Å². The zero-order valence-corrected chi connectivity index (χ0v) is 12.6. The van der Waals surface area contributed by atoms with Crippen LogP contribution in [-0.4, -0.2) is 88.9 Å². The predicted molar refractivity (Wildman–Crippen MR) is 77.3 cm³/mol. The molecule has 0 aromatic carbocycles. The lowest BCUT2D eigenvalue weighted by atomic mass is 10.2. The summed E-state index contributed by atoms with van der Waals surface area (Å²) in [7, 11) is 0. The first kappa shape index (κ1) is 15.0. The van der Waals surface area contributed by atoms with Crippen molar-refractivity contribution >= 4 is 5.84 Å². The molecule has 23 heavy (non-hydrogen) atoms. The zero-order valence-electron chi connectivity index (χ0n) is 12.6. The molecule has 0 aromatic heterocycles. The third-order valence-electron chi connectivity index (χ3n) is 4.50. The van der Waals surface area contributed by atoms with Crippen LogP contribution in [0.1, 0.15) is 6.42 Å². The van der Waals surface area contributed by atoms with E-state index in [0.717, 1.165) is 30.4 Å². The normalized spacial score (nSPS) is 32.9. The summed E-state index contributed by atoms with van der Waals surface area (Å²) in [5.74, 6) is 1.91. The average molecular weight is 327 g/mol. The second-order valence-electron chi connectivity index (χ2n) is 5.92. The molecule has 2 unspecified atom stereocenters. The summed E-state index contributed by atoms with van der Waals surface area (Å²) in [4.78, 5) is 8.73. The summed E-state index contributed by atoms with van der Waals surface area (Å²) < 4.78 is 10.5. The van der Waals surface area contributed by atoms with E-state index in [1.807, 2.05) is 4.90 Å². The minimum absolute atomic E-state index is 0.0730. The summed E-state index contributed by atoms with van der Waals surface area (Å²) in [6.07, 6.45) is -1.19. The SMILES string of the molecule is OC(O)OCC1O[C@@H](N2CNC3=C2NCN2CCN=C32)CC1O. The molecule has 0 spiro atoms. The summed E-state index contributed by atoms with van der Waals surface area (Å²) in [5.41, 5.74) is 0.970. The molecule has 4 rings (SSSR count). The summed E-state index contributed by atoms with van der Waals surface area (Å²) in [5, 5.41) is 34.3. The monoisotopic (exact) mass is 327 g/mol. The summed E-state index contributed by atoms with van der Waals surface area (Å²) >= 11 is 0. The van der Waals surface area contributed by atoms with Crippen molar-refractivity contribution in [1.82, 2.24) is 20.4 Å². The smallest absolute Gasteiger partial charge is 0.266 e. The van der Waals surface area contributed by atoms with Gasteiger partial charge < -0.3 is 45.2 Å². The molecular weight excluding hydrogens is 306 g/mol. The third kappa shape index (κ3) is 2.62. The maximum atomic E-state index is 10.1. The standard InChI is InChI=1S/C13H21N5O5/c19-7-3-9(23-8(7)4-22-13(20)21)18-6-15-10-11-14-1-2-17(11)5-16-12(10)18/h7-9,13,15-16,19-21H,1-6H2/t7?,8?,9-/m1/s1. The highest BCUT2D eigenvalue weighted by atomic mass is 16.7. The largest absolute Gasteiger partial charge is 0.390 e. The maximum absolute atomic E-state index is 10.1. The Kier molecular flexibility index (Phi) is 3.77. The lowest BCUT2D eigenvalue weighted by Gasteiger charge is -2.32. The second kappa shape index (κ2) is 5.80. The summed E-state index contributed by atoms with van der Waals surface area (Å²) in [6.45, 7) is 1.06. The van der Waals surface area contributed by atoms with Crippen LogP contribution in [0.2, 0.25) is 0 Å². The highest BCUT2D eigenvalue weighted by Gasteiger charge is 2.43. The van der Waals surface area contributed by atoms with Gasteiger partial charge in [-0.2, -0.15) is 0 Å². The van der Waals surface area contributed by atoms with Gasteiger partial charge in [-0.15, -0.1) is 0 Å². The van der Waals surface area contributed by atoms with Crippen LogP contribution in [0.3, 0.4) is 0 Å². The predicted octanol–water partition coefficient (Wildman–Crippen LogP) is -2.95. The van der Waals surface area contributed by atoms with Gasteiger partial charge in [0.1, 0.15) is 23.8 Å². The molecular formula is C13H21N5O5. The van der Waals surface area contributed by atoms with Crippen molar-refractivity contribution in [3.8, 4) is 0 Å². The van der Waals surface area contributed by atoms with Crippen molar-refractivity contribution in [2.45, 2.75) is 31.3 Å². The average Bonchev–Trinajstić information content (AvgIpc) is 3.21. The Bertz CT molecular complexity index is 539. The molecule has 3 atom stereocenters. The minimum Gasteiger partial charge on any atom is -0.390 e. The van der Waals surface area contributed by atoms with Crippen LogP contribution in [0, 0.1) is 0 Å². The zero-order chi connectivity index (χ0) is 16.0. The number of nitrogens with one attached hydrogen (secondary N) is 2. The van der Waals surface area contributed by atoms with Gasteiger partial charge in [0.25, 0.3) is 6.48 Å². The molecule has 0 amide bonds. The Balaban J connectivity index is 1.45. The first-order chi connectivity index (χ1) is 11.1. The van der Waals surface area contributed by atoms with Crippen molar-refractivity contribution in [1.29, 1.82) is 0 Å². The van der Waals surface area contributed by atoms with Gasteiger partial charge in [0, 0.05) is 13.0 Å². The van der Waals surface area contributed by atoms with E-state index >= 15 is 0 Å². The molecule has 128 valence electrons. The molecule has 0 aromatic rings. The number of aliphatic hydroxyl groups is 3. The first-order valence-corrected chi connectivity index (χ1v) is 7.73. The van der Waals surface area contributed by atoms with E-state index in [1.54, 1.807) is 0 Å². The lowest BCUT2D eigenvalue weighted by molar-refractivity contribution is -0.248. The number of aliphatic imine (C=N–C) groups is 1. The molecule has 0 aliphatic carbocycles. The lowest BCUT2D eigenvalue weighted by Crippen LogP contribution is -2.47. The number of rotatable bonds is 4. The second-order valence-corrected chi connectivity index (χ2v) is 5.92. The van der Waals surface area contributed by atoms with E-state index in [4.69, 9.17) is 19.7 Å². The molecule has 4 aliphatic rings. The van der Waals surface area contributed by atoms with E-state index in [1.165, 1.54) is 0 Å². The van der Waals surface area contributed by atoms with Crippen molar-refractivity contribution in [2.75, 3.05) is 33.0 Å². The van der Waals surface area contributed by atoms with Gasteiger partial charge in [-0.25, -0.2) is 0 Å². The molecule has 4 aliphatic heterocycles. The van der Waals surface area contributed by atoms with E-state index in [2.05, 4.69) is 20.5 Å². The topological polar surface area (TPSA) is 122 Å². The van der Waals surface area contributed by atoms with Gasteiger partial charge in [0.05, 0.1) is 32.6 Å². The highest BCUT2D eigenvalue weighted by molar-refractivity contribution is 6.00. The Hall–Kier alpha value is -1.59. The van der Waals surface area contributed by atoms with Crippen LogP contribution >= 0.6 is 0 Å². The fraction of sp³-hybridized carbons (Fsp3) is 0.769. The maximum Gasteiger partial charge on any atom is 0.266 e. The molecule has 5 N–H and O–H groups in total. The van der Waals surface area contributed by atoms with Gasteiger partial charge >= 0.3 is 0 Å². The number of ether oxygens (including phenoxy) is 2.